The average molecular weight is 285 g/mol. The first-order valence-corrected chi connectivity index (χ1v) is 7.22. The number of nitrogens with one attached hydrogen (secondary N) is 1. The molecular formula is C17H23N3O. The van der Waals surface area contributed by atoms with Crippen molar-refractivity contribution in [3.8, 4) is 5.75 Å². The predicted octanol–water partition coefficient (Wildman–Crippen LogP) is 2.84. The molecule has 4 heteroatoms. The highest BCUT2D eigenvalue weighted by molar-refractivity contribution is 5.40. The van der Waals surface area contributed by atoms with Crippen LogP contribution < -0.4 is 15.0 Å². The summed E-state index contributed by atoms with van der Waals surface area (Å²) in [5.41, 5.74) is 2.41. The molecule has 2 rings (SSSR count). The van der Waals surface area contributed by atoms with E-state index < -0.39 is 0 Å². The highest BCUT2D eigenvalue weighted by Crippen LogP contribution is 2.17. The van der Waals surface area contributed by atoms with E-state index in [2.05, 4.69) is 46.4 Å². The van der Waals surface area contributed by atoms with E-state index in [0.717, 1.165) is 31.2 Å². The third kappa shape index (κ3) is 4.46. The first-order valence-electron chi connectivity index (χ1n) is 7.22. The van der Waals surface area contributed by atoms with Gasteiger partial charge in [-0.2, -0.15) is 0 Å². The zero-order valence-corrected chi connectivity index (χ0v) is 13.0. The Labute approximate surface area is 126 Å². The number of pyridine rings is 1. The van der Waals surface area contributed by atoms with E-state index in [0.29, 0.717) is 0 Å². The Morgan fingerprint density at radius 3 is 2.71 bits per heavy atom. The minimum atomic E-state index is 0.802. The number of anilines is 1. The summed E-state index contributed by atoms with van der Waals surface area (Å²) in [4.78, 5) is 6.66. The summed E-state index contributed by atoms with van der Waals surface area (Å²) in [6.45, 7) is 4.74. The van der Waals surface area contributed by atoms with Crippen LogP contribution in [0.2, 0.25) is 0 Å². The van der Waals surface area contributed by atoms with Crippen molar-refractivity contribution < 1.29 is 4.74 Å². The van der Waals surface area contributed by atoms with Gasteiger partial charge in [-0.05, 0) is 35.9 Å². The van der Waals surface area contributed by atoms with Crippen molar-refractivity contribution in [2.45, 2.75) is 20.0 Å². The molecule has 2 aromatic rings. The number of hydrogen-bond acceptors (Lipinski definition) is 4. The van der Waals surface area contributed by atoms with Crippen molar-refractivity contribution >= 4 is 5.82 Å². The van der Waals surface area contributed by atoms with Crippen LogP contribution in [0, 0.1) is 0 Å². The average Bonchev–Trinajstić information content (AvgIpc) is 2.53. The fraction of sp³-hybridized carbons (Fsp3) is 0.353. The van der Waals surface area contributed by atoms with Gasteiger partial charge in [0.2, 0.25) is 0 Å². The van der Waals surface area contributed by atoms with Crippen LogP contribution in [0.25, 0.3) is 0 Å². The van der Waals surface area contributed by atoms with E-state index in [-0.39, 0.29) is 0 Å². The molecule has 0 radical (unpaired) electrons. The summed E-state index contributed by atoms with van der Waals surface area (Å²) < 4.78 is 5.25. The summed E-state index contributed by atoms with van der Waals surface area (Å²) in [6, 6.07) is 12.3. The molecule has 1 heterocycles. The molecule has 0 aliphatic carbocycles. The summed E-state index contributed by atoms with van der Waals surface area (Å²) in [5, 5.41) is 3.30. The standard InChI is InChI=1S/C17H23N3O/c1-4-18-11-15-8-9-17(19-12-15)20(2)13-14-6-5-7-16(10-14)21-3/h5-10,12,18H,4,11,13H2,1-3H3. The molecule has 0 spiro atoms. The summed E-state index contributed by atoms with van der Waals surface area (Å²) >= 11 is 0. The molecule has 1 aromatic heterocycles. The van der Waals surface area contributed by atoms with E-state index in [1.54, 1.807) is 7.11 Å². The van der Waals surface area contributed by atoms with E-state index >= 15 is 0 Å². The molecular weight excluding hydrogens is 262 g/mol. The number of nitrogens with zero attached hydrogens (tertiary/aromatic N) is 2. The molecule has 0 fully saturated rings. The van der Waals surface area contributed by atoms with Gasteiger partial charge in [0.05, 0.1) is 7.11 Å². The van der Waals surface area contributed by atoms with Gasteiger partial charge < -0.3 is 15.0 Å². The minimum Gasteiger partial charge on any atom is -0.497 e. The highest BCUT2D eigenvalue weighted by atomic mass is 16.5. The molecule has 0 amide bonds. The second kappa shape index (κ2) is 7.64. The van der Waals surface area contributed by atoms with Crippen molar-refractivity contribution in [3.05, 3.63) is 53.7 Å². The fourth-order valence-electron chi connectivity index (χ4n) is 2.14. The van der Waals surface area contributed by atoms with Crippen LogP contribution in [0.1, 0.15) is 18.1 Å². The van der Waals surface area contributed by atoms with Crippen LogP contribution in [0.4, 0.5) is 5.82 Å². The van der Waals surface area contributed by atoms with Crippen molar-refractivity contribution in [2.75, 3.05) is 25.6 Å². The molecule has 112 valence electrons. The van der Waals surface area contributed by atoms with Crippen LogP contribution in [-0.4, -0.2) is 25.7 Å². The lowest BCUT2D eigenvalue weighted by Crippen LogP contribution is -2.18. The van der Waals surface area contributed by atoms with Crippen LogP contribution in [0.5, 0.6) is 5.75 Å². The quantitative estimate of drug-likeness (QED) is 0.849. The van der Waals surface area contributed by atoms with Gasteiger partial charge in [-0.1, -0.05) is 25.1 Å². The van der Waals surface area contributed by atoms with Gasteiger partial charge in [-0.25, -0.2) is 4.98 Å². The molecule has 0 bridgehead atoms. The van der Waals surface area contributed by atoms with Gasteiger partial charge in [0.25, 0.3) is 0 Å². The Bertz CT molecular complexity index is 554. The van der Waals surface area contributed by atoms with Gasteiger partial charge in [0.1, 0.15) is 11.6 Å². The van der Waals surface area contributed by atoms with Crippen LogP contribution in [-0.2, 0) is 13.1 Å². The number of hydrogen-bond donors (Lipinski definition) is 1. The lowest BCUT2D eigenvalue weighted by Gasteiger charge is -2.19. The molecule has 4 nitrogen and oxygen atoms in total. The molecule has 0 unspecified atom stereocenters. The Kier molecular flexibility index (Phi) is 5.58. The van der Waals surface area contributed by atoms with Crippen molar-refractivity contribution in [1.29, 1.82) is 0 Å². The van der Waals surface area contributed by atoms with Crippen LogP contribution in [0.3, 0.4) is 0 Å². The largest absolute Gasteiger partial charge is 0.497 e. The third-order valence-electron chi connectivity index (χ3n) is 3.33. The molecule has 0 atom stereocenters. The number of aromatic nitrogens is 1. The third-order valence-corrected chi connectivity index (χ3v) is 3.33. The maximum absolute atomic E-state index is 5.25. The first-order chi connectivity index (χ1) is 10.2. The van der Waals surface area contributed by atoms with Gasteiger partial charge in [0.15, 0.2) is 0 Å². The monoisotopic (exact) mass is 285 g/mol. The van der Waals surface area contributed by atoms with Crippen molar-refractivity contribution in [1.82, 2.24) is 10.3 Å². The number of benzene rings is 1. The van der Waals surface area contributed by atoms with Gasteiger partial charge >= 0.3 is 0 Å². The zero-order chi connectivity index (χ0) is 15.1. The molecule has 1 N–H and O–H groups in total. The number of methoxy groups -OCH3 is 1. The summed E-state index contributed by atoms with van der Waals surface area (Å²) in [5.74, 6) is 1.85. The lowest BCUT2D eigenvalue weighted by molar-refractivity contribution is 0.414. The zero-order valence-electron chi connectivity index (χ0n) is 13.0. The Morgan fingerprint density at radius 1 is 1.19 bits per heavy atom. The van der Waals surface area contributed by atoms with E-state index in [9.17, 15) is 0 Å². The smallest absolute Gasteiger partial charge is 0.128 e. The minimum absolute atomic E-state index is 0.802. The second-order valence-electron chi connectivity index (χ2n) is 5.01. The van der Waals surface area contributed by atoms with Gasteiger partial charge in [0, 0.05) is 26.3 Å². The van der Waals surface area contributed by atoms with Crippen molar-refractivity contribution in [3.63, 3.8) is 0 Å². The Morgan fingerprint density at radius 2 is 2.05 bits per heavy atom. The molecule has 21 heavy (non-hydrogen) atoms. The van der Waals surface area contributed by atoms with Crippen LogP contribution in [0.15, 0.2) is 42.6 Å². The fourth-order valence-corrected chi connectivity index (χ4v) is 2.14. The summed E-state index contributed by atoms with van der Waals surface area (Å²) in [7, 11) is 3.74. The van der Waals surface area contributed by atoms with Gasteiger partial charge in [-0.15, -0.1) is 0 Å². The number of ether oxygens (including phenoxy) is 1. The molecule has 0 aliphatic heterocycles. The molecule has 0 saturated carbocycles. The lowest BCUT2D eigenvalue weighted by atomic mass is 10.2. The van der Waals surface area contributed by atoms with Crippen LogP contribution >= 0.6 is 0 Å². The molecule has 0 aliphatic rings. The van der Waals surface area contributed by atoms with E-state index in [1.807, 2.05) is 25.4 Å². The van der Waals surface area contributed by atoms with Crippen molar-refractivity contribution in [2.24, 2.45) is 0 Å². The SMILES string of the molecule is CCNCc1ccc(N(C)Cc2cccc(OC)c2)nc1. The Hall–Kier alpha value is -2.07. The molecule has 0 saturated heterocycles. The topological polar surface area (TPSA) is 37.4 Å². The first kappa shape index (κ1) is 15.3. The normalized spacial score (nSPS) is 10.4. The van der Waals surface area contributed by atoms with Gasteiger partial charge in [-0.3, -0.25) is 0 Å². The number of rotatable bonds is 7. The highest BCUT2D eigenvalue weighted by Gasteiger charge is 2.04. The molecule has 1 aromatic carbocycles. The van der Waals surface area contributed by atoms with E-state index in [1.165, 1.54) is 11.1 Å². The predicted molar refractivity (Wildman–Crippen MR) is 86.7 cm³/mol. The Balaban J connectivity index is 2.00. The maximum atomic E-state index is 5.25. The second-order valence-corrected chi connectivity index (χ2v) is 5.01. The van der Waals surface area contributed by atoms with E-state index in [4.69, 9.17) is 4.74 Å². The maximum Gasteiger partial charge on any atom is 0.128 e. The summed E-state index contributed by atoms with van der Waals surface area (Å²) in [6.07, 6.45) is 1.93.